The van der Waals surface area contributed by atoms with Crippen LogP contribution in [-0.2, 0) is 0 Å². The largest absolute Gasteiger partial charge is 0.451 e. The Kier molecular flexibility index (Phi) is 6.11. The van der Waals surface area contributed by atoms with E-state index >= 15 is 0 Å². The van der Waals surface area contributed by atoms with E-state index in [0.717, 1.165) is 22.6 Å². The summed E-state index contributed by atoms with van der Waals surface area (Å²) in [5.74, 6) is -1.20. The van der Waals surface area contributed by atoms with E-state index in [2.05, 4.69) is 15.0 Å². The van der Waals surface area contributed by atoms with Gasteiger partial charge in [-0.25, -0.2) is 4.98 Å². The summed E-state index contributed by atoms with van der Waals surface area (Å²) in [6.45, 7) is 3.33. The number of benzene rings is 1. The summed E-state index contributed by atoms with van der Waals surface area (Å²) in [6.07, 6.45) is 0. The number of alkyl halides is 3. The fourth-order valence-electron chi connectivity index (χ4n) is 2.27. The Morgan fingerprint density at radius 3 is 2.62 bits per heavy atom. The van der Waals surface area contributed by atoms with Crippen LogP contribution in [0.1, 0.15) is 45.1 Å². The summed E-state index contributed by atoms with van der Waals surface area (Å²) in [5, 5.41) is 2.73. The molecular formula is C17H16F2IN3O3. The molecule has 6 nitrogen and oxygen atoms in total. The van der Waals surface area contributed by atoms with E-state index in [4.69, 9.17) is 5.73 Å². The van der Waals surface area contributed by atoms with E-state index < -0.39 is 22.0 Å². The summed E-state index contributed by atoms with van der Waals surface area (Å²) in [4.78, 5) is 27.7. The molecule has 2 amide bonds. The van der Waals surface area contributed by atoms with Crippen molar-refractivity contribution in [2.24, 2.45) is 5.73 Å². The average molecular weight is 475 g/mol. The van der Waals surface area contributed by atoms with Crippen LogP contribution in [0.15, 0.2) is 36.4 Å². The molecule has 1 heterocycles. The zero-order valence-electron chi connectivity index (χ0n) is 13.9. The third kappa shape index (κ3) is 5.61. The van der Waals surface area contributed by atoms with Gasteiger partial charge in [-0.1, -0.05) is 12.1 Å². The second kappa shape index (κ2) is 7.94. The molecule has 0 saturated carbocycles. The Morgan fingerprint density at radius 1 is 1.31 bits per heavy atom. The number of hydrogen-bond acceptors (Lipinski definition) is 4. The van der Waals surface area contributed by atoms with E-state index in [1.54, 1.807) is 26.0 Å². The van der Waals surface area contributed by atoms with Gasteiger partial charge in [0.1, 0.15) is 11.4 Å². The van der Waals surface area contributed by atoms with E-state index in [-0.39, 0.29) is 17.0 Å². The molecule has 0 bridgehead atoms. The van der Waals surface area contributed by atoms with Crippen molar-refractivity contribution in [3.8, 4) is 5.75 Å². The molecule has 1 atom stereocenters. The number of ether oxygens (including phenoxy) is 1. The lowest BCUT2D eigenvalue weighted by molar-refractivity contribution is -0.0692. The highest BCUT2D eigenvalue weighted by Crippen LogP contribution is 2.29. The molecule has 0 fully saturated rings. The number of carbonyl (C=O) groups is 2. The number of aryl methyl sites for hydroxylation is 1. The lowest BCUT2D eigenvalue weighted by atomic mass is 10.1. The first kappa shape index (κ1) is 20.0. The van der Waals surface area contributed by atoms with Crippen LogP contribution in [0.4, 0.5) is 8.78 Å². The lowest BCUT2D eigenvalue weighted by Crippen LogP contribution is -2.27. The standard InChI is InChI=1S/C17H16F2IN3O3/c1-9-6-12(8-14(22-9)15(21)24)16(25)23-10(2)11-4-3-5-13(7-11)26-17(18,19)20/h3-8,10H,1-2H3,(H2,21,24)(H,23,25). The van der Waals surface area contributed by atoms with E-state index in [1.807, 2.05) is 0 Å². The molecule has 0 aliphatic heterocycles. The maximum Gasteiger partial charge on any atom is 0.451 e. The van der Waals surface area contributed by atoms with Gasteiger partial charge in [-0.2, -0.15) is 8.78 Å². The predicted octanol–water partition coefficient (Wildman–Crippen LogP) is 3.34. The van der Waals surface area contributed by atoms with Crippen LogP contribution in [0.25, 0.3) is 0 Å². The third-order valence-electron chi connectivity index (χ3n) is 3.41. The maximum absolute atomic E-state index is 13.0. The van der Waals surface area contributed by atoms with Crippen molar-refractivity contribution in [2.75, 3.05) is 0 Å². The van der Waals surface area contributed by atoms with Crippen molar-refractivity contribution in [1.29, 1.82) is 0 Å². The number of rotatable bonds is 6. The number of aromatic nitrogens is 1. The van der Waals surface area contributed by atoms with Crippen molar-refractivity contribution >= 4 is 34.4 Å². The van der Waals surface area contributed by atoms with Gasteiger partial charge in [-0.3, -0.25) is 9.59 Å². The number of nitrogens with two attached hydrogens (primary N) is 1. The van der Waals surface area contributed by atoms with Gasteiger partial charge >= 0.3 is 4.12 Å². The highest BCUT2D eigenvalue weighted by Gasteiger charge is 2.26. The van der Waals surface area contributed by atoms with Crippen LogP contribution < -0.4 is 15.8 Å². The Labute approximate surface area is 162 Å². The number of halogens is 3. The first-order valence-corrected chi connectivity index (χ1v) is 8.58. The summed E-state index contributed by atoms with van der Waals surface area (Å²) in [6, 6.07) is 8.38. The fourth-order valence-corrected chi connectivity index (χ4v) is 2.52. The number of primary amides is 1. The summed E-state index contributed by atoms with van der Waals surface area (Å²) in [5.41, 5.74) is 6.47. The molecule has 1 aromatic heterocycles. The lowest BCUT2D eigenvalue weighted by Gasteiger charge is -2.17. The monoisotopic (exact) mass is 475 g/mol. The van der Waals surface area contributed by atoms with Gasteiger partial charge in [0.2, 0.25) is 0 Å². The number of nitrogens with one attached hydrogen (secondary N) is 1. The summed E-state index contributed by atoms with van der Waals surface area (Å²) in [7, 11) is 0. The van der Waals surface area contributed by atoms with Crippen molar-refractivity contribution < 1.29 is 23.1 Å². The quantitative estimate of drug-likeness (QED) is 0.495. The van der Waals surface area contributed by atoms with E-state index in [0.29, 0.717) is 11.3 Å². The predicted molar refractivity (Wildman–Crippen MR) is 99.4 cm³/mol. The van der Waals surface area contributed by atoms with Gasteiger partial charge in [0.05, 0.1) is 28.6 Å². The molecule has 1 aromatic carbocycles. The van der Waals surface area contributed by atoms with Crippen LogP contribution in [0.2, 0.25) is 0 Å². The number of amides is 2. The number of pyridine rings is 1. The van der Waals surface area contributed by atoms with Crippen LogP contribution in [0, 0.1) is 6.92 Å². The molecule has 9 heteroatoms. The minimum absolute atomic E-state index is 0.0116. The molecule has 3 N–H and O–H groups in total. The molecular weight excluding hydrogens is 459 g/mol. The summed E-state index contributed by atoms with van der Waals surface area (Å²) < 4.78 is 27.1. The van der Waals surface area contributed by atoms with E-state index in [1.165, 1.54) is 24.3 Å². The highest BCUT2D eigenvalue weighted by molar-refractivity contribution is 14.1. The Hall–Kier alpha value is -2.30. The molecule has 0 saturated heterocycles. The van der Waals surface area contributed by atoms with Crippen molar-refractivity contribution in [3.63, 3.8) is 0 Å². The van der Waals surface area contributed by atoms with Crippen molar-refractivity contribution in [2.45, 2.75) is 24.0 Å². The topological polar surface area (TPSA) is 94.3 Å². The van der Waals surface area contributed by atoms with Gasteiger partial charge in [-0.15, -0.1) is 0 Å². The number of hydrogen-bond donors (Lipinski definition) is 2. The number of nitrogens with zero attached hydrogens (tertiary/aromatic N) is 1. The molecule has 26 heavy (non-hydrogen) atoms. The molecule has 0 radical (unpaired) electrons. The minimum atomic E-state index is -3.33. The smallest absolute Gasteiger partial charge is 0.425 e. The van der Waals surface area contributed by atoms with Gasteiger partial charge in [0.25, 0.3) is 11.8 Å². The minimum Gasteiger partial charge on any atom is -0.425 e. The molecule has 138 valence electrons. The van der Waals surface area contributed by atoms with Gasteiger partial charge in [-0.05, 0) is 43.7 Å². The maximum atomic E-state index is 13.0. The molecule has 2 rings (SSSR count). The summed E-state index contributed by atoms with van der Waals surface area (Å²) >= 11 is 0.879. The van der Waals surface area contributed by atoms with Crippen LogP contribution in [0.3, 0.4) is 0 Å². The molecule has 0 aliphatic carbocycles. The second-order valence-corrected chi connectivity index (χ2v) is 6.82. The Bertz CT molecular complexity index is 840. The number of carbonyl (C=O) groups excluding carboxylic acids is 2. The van der Waals surface area contributed by atoms with E-state index in [9.17, 15) is 18.4 Å². The Balaban J connectivity index is 2.17. The second-order valence-electron chi connectivity index (χ2n) is 5.56. The molecule has 0 aliphatic rings. The van der Waals surface area contributed by atoms with Crippen LogP contribution in [0.5, 0.6) is 5.75 Å². The Morgan fingerprint density at radius 2 is 2.00 bits per heavy atom. The molecule has 0 spiro atoms. The van der Waals surface area contributed by atoms with Crippen LogP contribution in [-0.4, -0.2) is 20.9 Å². The first-order chi connectivity index (χ1) is 12.0. The van der Waals surface area contributed by atoms with Gasteiger partial charge in [0.15, 0.2) is 0 Å². The third-order valence-corrected chi connectivity index (χ3v) is 3.63. The highest BCUT2D eigenvalue weighted by atomic mass is 127. The fraction of sp³-hybridized carbons (Fsp3) is 0.235. The molecule has 1 unspecified atom stereocenters. The first-order valence-electron chi connectivity index (χ1n) is 7.50. The SMILES string of the molecule is Cc1cc(C(=O)NC(C)c2cccc(OC(F)(F)I)c2)cc(C(N)=O)n1. The van der Waals surface area contributed by atoms with Gasteiger partial charge < -0.3 is 15.8 Å². The van der Waals surface area contributed by atoms with Crippen molar-refractivity contribution in [1.82, 2.24) is 10.3 Å². The zero-order chi connectivity index (χ0) is 19.5. The van der Waals surface area contributed by atoms with Crippen LogP contribution >= 0.6 is 22.6 Å². The van der Waals surface area contributed by atoms with Crippen molar-refractivity contribution in [3.05, 3.63) is 58.9 Å². The average Bonchev–Trinajstić information content (AvgIpc) is 2.52. The van der Waals surface area contributed by atoms with Gasteiger partial charge in [0, 0.05) is 11.3 Å². The molecule has 2 aromatic rings. The zero-order valence-corrected chi connectivity index (χ0v) is 16.1. The normalized spacial score (nSPS) is 12.3.